The number of anilines is 1. The molecule has 0 unspecified atom stereocenters. The van der Waals surface area contributed by atoms with Crippen LogP contribution in [0.1, 0.15) is 37.7 Å². The van der Waals surface area contributed by atoms with Gasteiger partial charge in [-0.15, -0.1) is 0 Å². The topological polar surface area (TPSA) is 94.0 Å². The van der Waals surface area contributed by atoms with Crippen molar-refractivity contribution in [2.45, 2.75) is 27.2 Å². The molecule has 3 N–H and O–H groups in total. The van der Waals surface area contributed by atoms with E-state index in [1.807, 2.05) is 0 Å². The van der Waals surface area contributed by atoms with Gasteiger partial charge in [-0.05, 0) is 22.1 Å². The van der Waals surface area contributed by atoms with Crippen LogP contribution in [0.3, 0.4) is 0 Å². The first kappa shape index (κ1) is 11.5. The smallest absolute Gasteiger partial charge is 0.277 e. The van der Waals surface area contributed by atoms with Gasteiger partial charge < -0.3 is 11.1 Å². The number of nitrogen functional groups attached to an aromatic ring is 1. The molecule has 6 nitrogen and oxygen atoms in total. The summed E-state index contributed by atoms with van der Waals surface area (Å²) in [4.78, 5) is 11.5. The summed E-state index contributed by atoms with van der Waals surface area (Å²) >= 11 is 0. The maximum absolute atomic E-state index is 11.5. The molecule has 0 atom stereocenters. The van der Waals surface area contributed by atoms with E-state index in [1.165, 1.54) is 0 Å². The summed E-state index contributed by atoms with van der Waals surface area (Å²) in [6.45, 7) is 6.77. The highest BCUT2D eigenvalue weighted by atomic mass is 16.6. The molecule has 0 aliphatic rings. The largest absolute Gasteiger partial charge is 0.379 e. The Morgan fingerprint density at radius 1 is 1.53 bits per heavy atom. The molecule has 0 aromatic carbocycles. The normalized spacial score (nSPS) is 11.4. The second kappa shape index (κ2) is 4.29. The SMILES string of the molecule is CCC(C)(C)CNC(=O)c1nonc1N. The van der Waals surface area contributed by atoms with Crippen LogP contribution in [0, 0.1) is 5.41 Å². The number of hydrogen-bond donors (Lipinski definition) is 2. The molecular formula is C9H16N4O2. The van der Waals surface area contributed by atoms with E-state index in [0.29, 0.717) is 6.54 Å². The molecule has 0 radical (unpaired) electrons. The number of rotatable bonds is 4. The predicted octanol–water partition coefficient (Wildman–Crippen LogP) is 0.818. The van der Waals surface area contributed by atoms with Gasteiger partial charge >= 0.3 is 0 Å². The Morgan fingerprint density at radius 3 is 2.67 bits per heavy atom. The fourth-order valence-corrected chi connectivity index (χ4v) is 0.881. The van der Waals surface area contributed by atoms with Gasteiger partial charge in [-0.25, -0.2) is 4.63 Å². The molecule has 0 fully saturated rings. The maximum Gasteiger partial charge on any atom is 0.277 e. The Labute approximate surface area is 88.2 Å². The monoisotopic (exact) mass is 212 g/mol. The molecule has 6 heteroatoms. The van der Waals surface area contributed by atoms with E-state index in [0.717, 1.165) is 6.42 Å². The first-order valence-electron chi connectivity index (χ1n) is 4.82. The van der Waals surface area contributed by atoms with Gasteiger partial charge in [-0.3, -0.25) is 4.79 Å². The summed E-state index contributed by atoms with van der Waals surface area (Å²) < 4.78 is 4.34. The van der Waals surface area contributed by atoms with E-state index in [9.17, 15) is 4.79 Å². The van der Waals surface area contributed by atoms with Crippen molar-refractivity contribution in [3.63, 3.8) is 0 Å². The molecule has 1 heterocycles. The first-order chi connectivity index (χ1) is 6.96. The fraction of sp³-hybridized carbons (Fsp3) is 0.667. The zero-order chi connectivity index (χ0) is 11.5. The molecule has 0 bridgehead atoms. The molecule has 15 heavy (non-hydrogen) atoms. The van der Waals surface area contributed by atoms with Crippen molar-refractivity contribution in [1.82, 2.24) is 15.6 Å². The minimum absolute atomic E-state index is 0.0156. The fourth-order valence-electron chi connectivity index (χ4n) is 0.881. The number of carbonyl (C=O) groups excluding carboxylic acids is 1. The minimum Gasteiger partial charge on any atom is -0.379 e. The molecule has 0 saturated carbocycles. The molecule has 0 spiro atoms. The van der Waals surface area contributed by atoms with E-state index in [4.69, 9.17) is 5.73 Å². The lowest BCUT2D eigenvalue weighted by Gasteiger charge is -2.22. The summed E-state index contributed by atoms with van der Waals surface area (Å²) in [6.07, 6.45) is 0.972. The Balaban J connectivity index is 2.55. The summed E-state index contributed by atoms with van der Waals surface area (Å²) in [7, 11) is 0. The molecule has 1 rings (SSSR count). The van der Waals surface area contributed by atoms with Gasteiger partial charge in [0.1, 0.15) is 0 Å². The molecule has 0 aliphatic heterocycles. The number of hydrogen-bond acceptors (Lipinski definition) is 5. The van der Waals surface area contributed by atoms with Crippen LogP contribution in [-0.2, 0) is 0 Å². The van der Waals surface area contributed by atoms with Crippen LogP contribution in [0.5, 0.6) is 0 Å². The van der Waals surface area contributed by atoms with Crippen LogP contribution in [-0.4, -0.2) is 22.8 Å². The zero-order valence-electron chi connectivity index (χ0n) is 9.20. The zero-order valence-corrected chi connectivity index (χ0v) is 9.20. The van der Waals surface area contributed by atoms with Gasteiger partial charge in [0, 0.05) is 6.54 Å². The average Bonchev–Trinajstić information content (AvgIpc) is 2.61. The second-order valence-corrected chi connectivity index (χ2v) is 4.20. The maximum atomic E-state index is 11.5. The Bertz CT molecular complexity index is 346. The van der Waals surface area contributed by atoms with Crippen LogP contribution in [0.25, 0.3) is 0 Å². The van der Waals surface area contributed by atoms with Crippen molar-refractivity contribution < 1.29 is 9.42 Å². The third kappa shape index (κ3) is 2.93. The highest BCUT2D eigenvalue weighted by Crippen LogP contribution is 2.18. The number of nitrogens with one attached hydrogen (secondary N) is 1. The Morgan fingerprint density at radius 2 is 2.20 bits per heavy atom. The van der Waals surface area contributed by atoms with Crippen molar-refractivity contribution in [2.75, 3.05) is 12.3 Å². The second-order valence-electron chi connectivity index (χ2n) is 4.20. The van der Waals surface area contributed by atoms with Crippen LogP contribution in [0.15, 0.2) is 4.63 Å². The summed E-state index contributed by atoms with van der Waals surface area (Å²) in [6, 6.07) is 0. The van der Waals surface area contributed by atoms with Crippen molar-refractivity contribution in [3.8, 4) is 0 Å². The lowest BCUT2D eigenvalue weighted by atomic mass is 9.90. The third-order valence-corrected chi connectivity index (χ3v) is 2.41. The summed E-state index contributed by atoms with van der Waals surface area (Å²) in [5, 5.41) is 9.49. The van der Waals surface area contributed by atoms with Gasteiger partial charge in [0.25, 0.3) is 5.91 Å². The van der Waals surface area contributed by atoms with E-state index in [1.54, 1.807) is 0 Å². The van der Waals surface area contributed by atoms with Gasteiger partial charge in [0.05, 0.1) is 0 Å². The number of carbonyl (C=O) groups is 1. The van der Waals surface area contributed by atoms with Crippen molar-refractivity contribution in [1.29, 1.82) is 0 Å². The number of aromatic nitrogens is 2. The number of nitrogens with zero attached hydrogens (tertiary/aromatic N) is 2. The molecule has 0 aliphatic carbocycles. The molecule has 1 amide bonds. The summed E-state index contributed by atoms with van der Waals surface area (Å²) in [5.74, 6) is -0.336. The van der Waals surface area contributed by atoms with Crippen molar-refractivity contribution >= 4 is 11.7 Å². The lowest BCUT2D eigenvalue weighted by Crippen LogP contribution is -2.34. The van der Waals surface area contributed by atoms with Gasteiger partial charge in [0.15, 0.2) is 0 Å². The van der Waals surface area contributed by atoms with E-state index < -0.39 is 0 Å². The molecular weight excluding hydrogens is 196 g/mol. The van der Waals surface area contributed by atoms with Gasteiger partial charge in [-0.2, -0.15) is 0 Å². The van der Waals surface area contributed by atoms with Gasteiger partial charge in [0.2, 0.25) is 11.5 Å². The van der Waals surface area contributed by atoms with Crippen LogP contribution in [0.4, 0.5) is 5.82 Å². The van der Waals surface area contributed by atoms with Crippen molar-refractivity contribution in [2.24, 2.45) is 5.41 Å². The van der Waals surface area contributed by atoms with E-state index >= 15 is 0 Å². The van der Waals surface area contributed by atoms with Crippen LogP contribution >= 0.6 is 0 Å². The standard InChI is InChI=1S/C9H16N4O2/c1-4-9(2,3)5-11-8(14)6-7(10)13-15-12-6/h4-5H2,1-3H3,(H2,10,13)(H,11,14). The quantitative estimate of drug-likeness (QED) is 0.770. The minimum atomic E-state index is -0.352. The third-order valence-electron chi connectivity index (χ3n) is 2.41. The lowest BCUT2D eigenvalue weighted by molar-refractivity contribution is 0.0926. The Hall–Kier alpha value is -1.59. The highest BCUT2D eigenvalue weighted by Gasteiger charge is 2.20. The van der Waals surface area contributed by atoms with E-state index in [2.05, 4.69) is 41.0 Å². The highest BCUT2D eigenvalue weighted by molar-refractivity contribution is 5.95. The van der Waals surface area contributed by atoms with Crippen LogP contribution < -0.4 is 11.1 Å². The van der Waals surface area contributed by atoms with Gasteiger partial charge in [-0.1, -0.05) is 20.8 Å². The van der Waals surface area contributed by atoms with Crippen LogP contribution in [0.2, 0.25) is 0 Å². The molecule has 84 valence electrons. The number of amides is 1. The molecule has 1 aromatic heterocycles. The molecule has 0 saturated heterocycles. The summed E-state index contributed by atoms with van der Waals surface area (Å²) in [5.41, 5.74) is 5.49. The number of nitrogens with two attached hydrogens (primary N) is 1. The average molecular weight is 212 g/mol. The van der Waals surface area contributed by atoms with Crippen molar-refractivity contribution in [3.05, 3.63) is 5.69 Å². The Kier molecular flexibility index (Phi) is 3.28. The van der Waals surface area contributed by atoms with E-state index in [-0.39, 0.29) is 22.8 Å². The predicted molar refractivity (Wildman–Crippen MR) is 55.1 cm³/mol. The first-order valence-corrected chi connectivity index (χ1v) is 4.82. The molecule has 1 aromatic rings.